The average Bonchev–Trinajstić information content (AvgIpc) is 2.74. The van der Waals surface area contributed by atoms with Crippen LogP contribution in [0, 0.1) is 6.92 Å². The molecule has 102 valence electrons. The predicted octanol–water partition coefficient (Wildman–Crippen LogP) is 3.09. The molecule has 2 unspecified atom stereocenters. The summed E-state index contributed by atoms with van der Waals surface area (Å²) in [5.41, 5.74) is 5.92. The van der Waals surface area contributed by atoms with Crippen molar-refractivity contribution < 1.29 is 4.79 Å². The maximum Gasteiger partial charge on any atom is 0.224 e. The fourth-order valence-corrected chi connectivity index (χ4v) is 2.90. The molecule has 0 spiro atoms. The second-order valence-electron chi connectivity index (χ2n) is 4.88. The monoisotopic (exact) mass is 268 g/mol. The first-order chi connectivity index (χ1) is 8.45. The smallest absolute Gasteiger partial charge is 0.224 e. The Hall–Kier alpha value is -0.870. The number of nitrogens with two attached hydrogens (primary N) is 1. The molecule has 1 heterocycles. The summed E-state index contributed by atoms with van der Waals surface area (Å²) in [5.74, 6) is 0.134. The normalized spacial score (nSPS) is 14.3. The Bertz CT molecular complexity index is 389. The zero-order valence-electron chi connectivity index (χ0n) is 11.8. The van der Waals surface area contributed by atoms with Crippen LogP contribution in [0.15, 0.2) is 12.1 Å². The van der Waals surface area contributed by atoms with Gasteiger partial charge in [-0.2, -0.15) is 0 Å². The van der Waals surface area contributed by atoms with Crippen LogP contribution in [0.2, 0.25) is 0 Å². The lowest BCUT2D eigenvalue weighted by molar-refractivity contribution is -0.132. The van der Waals surface area contributed by atoms with Gasteiger partial charge in [-0.25, -0.2) is 0 Å². The number of carbonyl (C=O) groups is 1. The van der Waals surface area contributed by atoms with Crippen LogP contribution >= 0.6 is 11.3 Å². The number of nitrogens with zero attached hydrogens (tertiary/aromatic N) is 1. The Morgan fingerprint density at radius 3 is 2.67 bits per heavy atom. The van der Waals surface area contributed by atoms with Gasteiger partial charge in [0.15, 0.2) is 0 Å². The van der Waals surface area contributed by atoms with Gasteiger partial charge in [0.25, 0.3) is 0 Å². The molecule has 4 heteroatoms. The molecule has 1 amide bonds. The van der Waals surface area contributed by atoms with Crippen molar-refractivity contribution in [2.24, 2.45) is 5.73 Å². The molecule has 1 aromatic rings. The van der Waals surface area contributed by atoms with Gasteiger partial charge in [0, 0.05) is 29.3 Å². The van der Waals surface area contributed by atoms with Crippen molar-refractivity contribution in [3.8, 4) is 0 Å². The number of thiophene rings is 1. The van der Waals surface area contributed by atoms with Gasteiger partial charge in [0.1, 0.15) is 0 Å². The lowest BCUT2D eigenvalue weighted by atomic mass is 10.1. The minimum Gasteiger partial charge on any atom is -0.338 e. The van der Waals surface area contributed by atoms with Crippen molar-refractivity contribution in [3.05, 3.63) is 21.9 Å². The van der Waals surface area contributed by atoms with Gasteiger partial charge >= 0.3 is 0 Å². The van der Waals surface area contributed by atoms with Crippen molar-refractivity contribution in [1.82, 2.24) is 4.90 Å². The summed E-state index contributed by atoms with van der Waals surface area (Å²) in [6.07, 6.45) is 2.38. The quantitative estimate of drug-likeness (QED) is 0.861. The number of hydrogen-bond donors (Lipinski definition) is 1. The summed E-state index contributed by atoms with van der Waals surface area (Å²) in [7, 11) is 1.86. The van der Waals surface area contributed by atoms with Crippen LogP contribution in [0.25, 0.3) is 0 Å². The van der Waals surface area contributed by atoms with E-state index in [1.54, 1.807) is 16.2 Å². The van der Waals surface area contributed by atoms with E-state index in [-0.39, 0.29) is 18.0 Å². The van der Waals surface area contributed by atoms with Gasteiger partial charge in [0.05, 0.1) is 6.04 Å². The standard InChI is InChI=1S/C14H24N2OS/c1-5-6-12(15)9-14(17)16(4)11(3)13-8-7-10(2)18-13/h7-8,11-12H,5-6,9,15H2,1-4H3. The number of rotatable bonds is 6. The van der Waals surface area contributed by atoms with E-state index >= 15 is 0 Å². The van der Waals surface area contributed by atoms with Crippen molar-refractivity contribution in [2.45, 2.75) is 52.1 Å². The summed E-state index contributed by atoms with van der Waals surface area (Å²) < 4.78 is 0. The van der Waals surface area contributed by atoms with Gasteiger partial charge in [0.2, 0.25) is 5.91 Å². The predicted molar refractivity (Wildman–Crippen MR) is 77.7 cm³/mol. The summed E-state index contributed by atoms with van der Waals surface area (Å²) >= 11 is 1.75. The molecule has 0 aliphatic heterocycles. The van der Waals surface area contributed by atoms with E-state index in [0.717, 1.165) is 12.8 Å². The van der Waals surface area contributed by atoms with Gasteiger partial charge in [-0.15, -0.1) is 11.3 Å². The van der Waals surface area contributed by atoms with Crippen LogP contribution in [0.5, 0.6) is 0 Å². The van der Waals surface area contributed by atoms with Gasteiger partial charge in [-0.3, -0.25) is 4.79 Å². The van der Waals surface area contributed by atoms with E-state index in [0.29, 0.717) is 6.42 Å². The Morgan fingerprint density at radius 1 is 1.50 bits per heavy atom. The first-order valence-corrected chi connectivity index (χ1v) is 7.35. The number of aryl methyl sites for hydroxylation is 1. The van der Waals surface area contributed by atoms with E-state index in [2.05, 4.69) is 32.9 Å². The van der Waals surface area contributed by atoms with Crippen molar-refractivity contribution in [2.75, 3.05) is 7.05 Å². The van der Waals surface area contributed by atoms with Crippen molar-refractivity contribution in [1.29, 1.82) is 0 Å². The molecule has 1 rings (SSSR count). The third-order valence-corrected chi connectivity index (χ3v) is 4.41. The highest BCUT2D eigenvalue weighted by molar-refractivity contribution is 7.12. The number of hydrogen-bond acceptors (Lipinski definition) is 3. The molecule has 2 atom stereocenters. The summed E-state index contributed by atoms with van der Waals surface area (Å²) in [5, 5.41) is 0. The Kier molecular flexibility index (Phi) is 5.82. The van der Waals surface area contributed by atoms with E-state index < -0.39 is 0 Å². The third kappa shape index (κ3) is 4.10. The van der Waals surface area contributed by atoms with Crippen LogP contribution in [-0.4, -0.2) is 23.9 Å². The molecule has 0 bridgehead atoms. The summed E-state index contributed by atoms with van der Waals surface area (Å²) in [6, 6.07) is 4.31. The molecule has 0 aliphatic carbocycles. The lowest BCUT2D eigenvalue weighted by Gasteiger charge is -2.25. The molecule has 3 nitrogen and oxygen atoms in total. The molecular formula is C14H24N2OS. The molecule has 1 aromatic heterocycles. The SMILES string of the molecule is CCCC(N)CC(=O)N(C)C(C)c1ccc(C)s1. The van der Waals surface area contributed by atoms with Gasteiger partial charge < -0.3 is 10.6 Å². The highest BCUT2D eigenvalue weighted by atomic mass is 32.1. The lowest BCUT2D eigenvalue weighted by Crippen LogP contribution is -2.34. The largest absolute Gasteiger partial charge is 0.338 e. The molecule has 0 fully saturated rings. The Balaban J connectivity index is 2.58. The van der Waals surface area contributed by atoms with Gasteiger partial charge in [-0.05, 0) is 32.4 Å². The van der Waals surface area contributed by atoms with E-state index in [1.165, 1.54) is 9.75 Å². The molecule has 18 heavy (non-hydrogen) atoms. The Labute approximate surface area is 114 Å². The fourth-order valence-electron chi connectivity index (χ4n) is 1.93. The summed E-state index contributed by atoms with van der Waals surface area (Å²) in [4.78, 5) is 16.4. The second kappa shape index (κ2) is 6.90. The van der Waals surface area contributed by atoms with E-state index in [1.807, 2.05) is 7.05 Å². The second-order valence-corrected chi connectivity index (χ2v) is 6.20. The zero-order chi connectivity index (χ0) is 13.7. The van der Waals surface area contributed by atoms with Crippen LogP contribution in [0.1, 0.15) is 48.9 Å². The van der Waals surface area contributed by atoms with Crippen LogP contribution < -0.4 is 5.73 Å². The first kappa shape index (κ1) is 15.2. The number of carbonyl (C=O) groups excluding carboxylic acids is 1. The zero-order valence-corrected chi connectivity index (χ0v) is 12.6. The molecule has 0 radical (unpaired) electrons. The Morgan fingerprint density at radius 2 is 2.17 bits per heavy atom. The summed E-state index contributed by atoms with van der Waals surface area (Å²) in [6.45, 7) is 6.24. The van der Waals surface area contributed by atoms with E-state index in [9.17, 15) is 4.79 Å². The van der Waals surface area contributed by atoms with Crippen LogP contribution in [-0.2, 0) is 4.79 Å². The van der Waals surface area contributed by atoms with Crippen LogP contribution in [0.4, 0.5) is 0 Å². The fraction of sp³-hybridized carbons (Fsp3) is 0.643. The maximum atomic E-state index is 12.1. The van der Waals surface area contributed by atoms with Crippen LogP contribution in [0.3, 0.4) is 0 Å². The molecule has 0 saturated heterocycles. The van der Waals surface area contributed by atoms with E-state index in [4.69, 9.17) is 5.73 Å². The molecule has 0 aromatic carbocycles. The highest BCUT2D eigenvalue weighted by Crippen LogP contribution is 2.26. The topological polar surface area (TPSA) is 46.3 Å². The first-order valence-electron chi connectivity index (χ1n) is 6.53. The molecule has 0 saturated carbocycles. The van der Waals surface area contributed by atoms with Crippen molar-refractivity contribution in [3.63, 3.8) is 0 Å². The minimum absolute atomic E-state index is 0.0118. The maximum absolute atomic E-state index is 12.1. The third-order valence-electron chi connectivity index (χ3n) is 3.24. The number of amides is 1. The highest BCUT2D eigenvalue weighted by Gasteiger charge is 2.20. The average molecular weight is 268 g/mol. The van der Waals surface area contributed by atoms with Gasteiger partial charge in [-0.1, -0.05) is 13.3 Å². The molecule has 2 N–H and O–H groups in total. The molecule has 0 aliphatic rings. The van der Waals surface area contributed by atoms with Crippen molar-refractivity contribution >= 4 is 17.2 Å². The molecular weight excluding hydrogens is 244 g/mol. The minimum atomic E-state index is -0.0118.